The van der Waals surface area contributed by atoms with E-state index in [1.165, 1.54) is 12.8 Å². The predicted molar refractivity (Wildman–Crippen MR) is 53.5 cm³/mol. The molecule has 1 heterocycles. The third-order valence-corrected chi connectivity index (χ3v) is 2.10. The van der Waals surface area contributed by atoms with Crippen LogP contribution in [0.2, 0.25) is 0 Å². The first-order valence-electron chi connectivity index (χ1n) is 4.84. The van der Waals surface area contributed by atoms with Crippen LogP contribution < -0.4 is 10.6 Å². The second-order valence-electron chi connectivity index (χ2n) is 3.76. The first-order chi connectivity index (χ1) is 6.18. The summed E-state index contributed by atoms with van der Waals surface area (Å²) in [7, 11) is 0. The number of carbonyl (C=O) groups is 1. The van der Waals surface area contributed by atoms with Crippen LogP contribution in [0.1, 0.15) is 26.7 Å². The van der Waals surface area contributed by atoms with Crippen molar-refractivity contribution in [3.8, 4) is 0 Å². The third-order valence-electron chi connectivity index (χ3n) is 2.10. The third kappa shape index (κ3) is 4.08. The molecule has 0 aromatic carbocycles. The molecule has 1 amide bonds. The van der Waals surface area contributed by atoms with E-state index in [1.807, 2.05) is 13.8 Å². The molecule has 74 valence electrons. The quantitative estimate of drug-likeness (QED) is 0.634. The summed E-state index contributed by atoms with van der Waals surface area (Å²) < 4.78 is 0. The standard InChI is InChI=1S/C10H18N2O/c1-8(2)6-10(13)12-7-9-4-3-5-11-9/h6,9,11H,3-5,7H2,1-2H3,(H,12,13). The van der Waals surface area contributed by atoms with Crippen LogP contribution in [0.25, 0.3) is 0 Å². The van der Waals surface area contributed by atoms with E-state index >= 15 is 0 Å². The lowest BCUT2D eigenvalue weighted by Crippen LogP contribution is -2.36. The number of carbonyl (C=O) groups excluding carboxylic acids is 1. The summed E-state index contributed by atoms with van der Waals surface area (Å²) in [5, 5.41) is 6.21. The fourth-order valence-corrected chi connectivity index (χ4v) is 1.47. The largest absolute Gasteiger partial charge is 0.351 e. The summed E-state index contributed by atoms with van der Waals surface area (Å²) in [6, 6.07) is 0.481. The van der Waals surface area contributed by atoms with Gasteiger partial charge in [-0.05, 0) is 33.2 Å². The van der Waals surface area contributed by atoms with Gasteiger partial charge in [-0.25, -0.2) is 0 Å². The Morgan fingerprint density at radius 2 is 2.38 bits per heavy atom. The molecule has 1 fully saturated rings. The van der Waals surface area contributed by atoms with Crippen LogP contribution in [0.5, 0.6) is 0 Å². The molecule has 3 heteroatoms. The molecular weight excluding hydrogens is 164 g/mol. The average Bonchev–Trinajstić information content (AvgIpc) is 2.51. The normalized spacial score (nSPS) is 21.2. The van der Waals surface area contributed by atoms with Crippen LogP contribution in [-0.4, -0.2) is 25.0 Å². The number of rotatable bonds is 3. The Morgan fingerprint density at radius 3 is 2.92 bits per heavy atom. The van der Waals surface area contributed by atoms with Crippen LogP contribution in [0.15, 0.2) is 11.6 Å². The molecule has 0 aliphatic carbocycles. The number of allylic oxidation sites excluding steroid dienone is 1. The van der Waals surface area contributed by atoms with Gasteiger partial charge in [0.25, 0.3) is 0 Å². The molecule has 13 heavy (non-hydrogen) atoms. The van der Waals surface area contributed by atoms with E-state index in [0.29, 0.717) is 6.04 Å². The highest BCUT2D eigenvalue weighted by atomic mass is 16.1. The highest BCUT2D eigenvalue weighted by molar-refractivity contribution is 5.88. The molecule has 0 saturated carbocycles. The Bertz CT molecular complexity index is 201. The topological polar surface area (TPSA) is 41.1 Å². The maximum Gasteiger partial charge on any atom is 0.243 e. The molecule has 1 unspecified atom stereocenters. The fraction of sp³-hybridized carbons (Fsp3) is 0.700. The van der Waals surface area contributed by atoms with Gasteiger partial charge in [0.1, 0.15) is 0 Å². The summed E-state index contributed by atoms with van der Waals surface area (Å²) in [6.07, 6.45) is 4.03. The van der Waals surface area contributed by atoms with Crippen LogP contribution >= 0.6 is 0 Å². The minimum absolute atomic E-state index is 0.0219. The first-order valence-corrected chi connectivity index (χ1v) is 4.84. The Labute approximate surface area is 79.6 Å². The van der Waals surface area contributed by atoms with Crippen LogP contribution in [0.3, 0.4) is 0 Å². The lowest BCUT2D eigenvalue weighted by atomic mass is 10.2. The second kappa shape index (κ2) is 5.02. The summed E-state index contributed by atoms with van der Waals surface area (Å²) in [5.41, 5.74) is 1.04. The second-order valence-corrected chi connectivity index (χ2v) is 3.76. The molecule has 3 nitrogen and oxygen atoms in total. The monoisotopic (exact) mass is 182 g/mol. The maximum atomic E-state index is 11.2. The van der Waals surface area contributed by atoms with Crippen molar-refractivity contribution in [2.75, 3.05) is 13.1 Å². The molecule has 1 atom stereocenters. The van der Waals surface area contributed by atoms with Gasteiger partial charge in [-0.1, -0.05) is 5.57 Å². The molecule has 0 bridgehead atoms. The van der Waals surface area contributed by atoms with E-state index in [1.54, 1.807) is 6.08 Å². The number of amides is 1. The molecule has 1 aliphatic heterocycles. The Hall–Kier alpha value is -0.830. The van der Waals surface area contributed by atoms with E-state index in [9.17, 15) is 4.79 Å². The summed E-state index contributed by atoms with van der Waals surface area (Å²) in [6.45, 7) is 5.69. The Kier molecular flexibility index (Phi) is 3.96. The molecule has 1 saturated heterocycles. The molecule has 2 N–H and O–H groups in total. The molecule has 0 aromatic rings. The van der Waals surface area contributed by atoms with Crippen molar-refractivity contribution in [2.45, 2.75) is 32.7 Å². The smallest absolute Gasteiger partial charge is 0.243 e. The zero-order chi connectivity index (χ0) is 9.68. The zero-order valence-corrected chi connectivity index (χ0v) is 8.39. The van der Waals surface area contributed by atoms with Crippen LogP contribution in [0.4, 0.5) is 0 Å². The van der Waals surface area contributed by atoms with Gasteiger partial charge in [0.15, 0.2) is 0 Å². The summed E-state index contributed by atoms with van der Waals surface area (Å²) >= 11 is 0. The summed E-state index contributed by atoms with van der Waals surface area (Å²) in [5.74, 6) is 0.0219. The number of hydrogen-bond acceptors (Lipinski definition) is 2. The molecule has 0 aromatic heterocycles. The van der Waals surface area contributed by atoms with Crippen molar-refractivity contribution >= 4 is 5.91 Å². The predicted octanol–water partition coefficient (Wildman–Crippen LogP) is 0.821. The highest BCUT2D eigenvalue weighted by Gasteiger charge is 2.13. The van der Waals surface area contributed by atoms with Gasteiger partial charge in [0.05, 0.1) is 0 Å². The summed E-state index contributed by atoms with van der Waals surface area (Å²) in [4.78, 5) is 11.2. The molecule has 1 rings (SSSR count). The van der Waals surface area contributed by atoms with E-state index in [2.05, 4.69) is 10.6 Å². The van der Waals surface area contributed by atoms with E-state index in [0.717, 1.165) is 18.7 Å². The number of hydrogen-bond donors (Lipinski definition) is 2. The first kappa shape index (κ1) is 10.3. The SMILES string of the molecule is CC(C)=CC(=O)NCC1CCCN1. The Morgan fingerprint density at radius 1 is 1.62 bits per heavy atom. The van der Waals surface area contributed by atoms with Crippen molar-refractivity contribution in [3.05, 3.63) is 11.6 Å². The van der Waals surface area contributed by atoms with Crippen molar-refractivity contribution < 1.29 is 4.79 Å². The lowest BCUT2D eigenvalue weighted by molar-refractivity contribution is -0.116. The fourth-order valence-electron chi connectivity index (χ4n) is 1.47. The molecule has 1 aliphatic rings. The van der Waals surface area contributed by atoms with Gasteiger partial charge < -0.3 is 10.6 Å². The van der Waals surface area contributed by atoms with Gasteiger partial charge in [-0.3, -0.25) is 4.79 Å². The van der Waals surface area contributed by atoms with E-state index in [4.69, 9.17) is 0 Å². The van der Waals surface area contributed by atoms with E-state index in [-0.39, 0.29) is 5.91 Å². The van der Waals surface area contributed by atoms with Gasteiger partial charge in [-0.2, -0.15) is 0 Å². The minimum Gasteiger partial charge on any atom is -0.351 e. The van der Waals surface area contributed by atoms with Gasteiger partial charge in [0.2, 0.25) is 5.91 Å². The van der Waals surface area contributed by atoms with Gasteiger partial charge in [-0.15, -0.1) is 0 Å². The number of nitrogens with one attached hydrogen (secondary N) is 2. The van der Waals surface area contributed by atoms with E-state index < -0.39 is 0 Å². The zero-order valence-electron chi connectivity index (χ0n) is 8.39. The van der Waals surface area contributed by atoms with Crippen molar-refractivity contribution in [2.24, 2.45) is 0 Å². The van der Waals surface area contributed by atoms with Crippen LogP contribution in [-0.2, 0) is 4.79 Å². The van der Waals surface area contributed by atoms with Crippen LogP contribution in [0, 0.1) is 0 Å². The van der Waals surface area contributed by atoms with Crippen molar-refractivity contribution in [3.63, 3.8) is 0 Å². The molecule has 0 spiro atoms. The van der Waals surface area contributed by atoms with Gasteiger partial charge >= 0.3 is 0 Å². The molecule has 0 radical (unpaired) electrons. The van der Waals surface area contributed by atoms with Crippen molar-refractivity contribution in [1.29, 1.82) is 0 Å². The highest BCUT2D eigenvalue weighted by Crippen LogP contribution is 2.02. The Balaban J connectivity index is 2.18. The lowest BCUT2D eigenvalue weighted by Gasteiger charge is -2.09. The van der Waals surface area contributed by atoms with Crippen molar-refractivity contribution in [1.82, 2.24) is 10.6 Å². The average molecular weight is 182 g/mol. The maximum absolute atomic E-state index is 11.2. The molecular formula is C10H18N2O. The minimum atomic E-state index is 0.0219. The van der Waals surface area contributed by atoms with Gasteiger partial charge in [0, 0.05) is 18.7 Å².